The van der Waals surface area contributed by atoms with Crippen molar-refractivity contribution in [1.29, 1.82) is 0 Å². The molecule has 4 rings (SSSR count). The molecule has 1 N–H and O–H groups in total. The van der Waals surface area contributed by atoms with E-state index in [-0.39, 0.29) is 11.9 Å². The average Bonchev–Trinajstić information content (AvgIpc) is 3.23. The molecular weight excluding hydrogens is 406 g/mol. The lowest BCUT2D eigenvalue weighted by Crippen LogP contribution is -2.34. The van der Waals surface area contributed by atoms with Gasteiger partial charge in [-0.15, -0.1) is 11.3 Å². The monoisotopic (exact) mass is 429 g/mol. The van der Waals surface area contributed by atoms with Gasteiger partial charge in [0.15, 0.2) is 0 Å². The Morgan fingerprint density at radius 2 is 2.07 bits per heavy atom. The molecule has 1 aliphatic heterocycles. The predicted molar refractivity (Wildman–Crippen MR) is 117 cm³/mol. The number of nitrogens with one attached hydrogen (secondary N) is 1. The fraction of sp³-hybridized carbons (Fsp3) is 0.333. The van der Waals surface area contributed by atoms with E-state index < -0.39 is 10.0 Å². The summed E-state index contributed by atoms with van der Waals surface area (Å²) in [6, 6.07) is 13.2. The van der Waals surface area contributed by atoms with Gasteiger partial charge in [-0.2, -0.15) is 0 Å². The van der Waals surface area contributed by atoms with Gasteiger partial charge in [0.1, 0.15) is 0 Å². The summed E-state index contributed by atoms with van der Waals surface area (Å²) in [5.41, 5.74) is 3.15. The number of para-hydroxylation sites is 1. The smallest absolute Gasteiger partial charge is 0.251 e. The Bertz CT molecular complexity index is 1140. The lowest BCUT2D eigenvalue weighted by Gasteiger charge is -2.21. The van der Waals surface area contributed by atoms with Crippen LogP contribution in [0.3, 0.4) is 0 Å². The van der Waals surface area contributed by atoms with E-state index in [0.29, 0.717) is 24.2 Å². The third-order valence-electron chi connectivity index (χ3n) is 5.04. The molecule has 29 heavy (non-hydrogen) atoms. The molecule has 0 unspecified atom stereocenters. The first-order chi connectivity index (χ1) is 13.8. The van der Waals surface area contributed by atoms with E-state index in [4.69, 9.17) is 0 Å². The molecule has 2 heterocycles. The maximum Gasteiger partial charge on any atom is 0.251 e. The summed E-state index contributed by atoms with van der Waals surface area (Å²) in [4.78, 5) is 17.1. The van der Waals surface area contributed by atoms with Gasteiger partial charge in [-0.25, -0.2) is 13.4 Å². The van der Waals surface area contributed by atoms with Crippen molar-refractivity contribution in [2.45, 2.75) is 32.2 Å². The topological polar surface area (TPSA) is 79.4 Å². The van der Waals surface area contributed by atoms with Crippen molar-refractivity contribution in [3.05, 3.63) is 58.6 Å². The van der Waals surface area contributed by atoms with E-state index in [2.05, 4.69) is 16.4 Å². The lowest BCUT2D eigenvalue weighted by molar-refractivity contribution is 0.0953. The number of thiazole rings is 1. The van der Waals surface area contributed by atoms with Crippen molar-refractivity contribution < 1.29 is 13.2 Å². The number of carbonyl (C=O) groups excluding carboxylic acids is 1. The molecule has 0 radical (unpaired) electrons. The number of hydrogen-bond donors (Lipinski definition) is 1. The molecule has 152 valence electrons. The molecule has 6 nitrogen and oxygen atoms in total. The molecule has 1 aliphatic rings. The van der Waals surface area contributed by atoms with Gasteiger partial charge in [0, 0.05) is 24.6 Å². The van der Waals surface area contributed by atoms with Crippen molar-refractivity contribution in [2.75, 3.05) is 17.1 Å². The van der Waals surface area contributed by atoms with Gasteiger partial charge < -0.3 is 5.32 Å². The number of anilines is 1. The molecule has 0 saturated carbocycles. The van der Waals surface area contributed by atoms with Crippen LogP contribution in [-0.4, -0.2) is 38.2 Å². The Morgan fingerprint density at radius 3 is 2.83 bits per heavy atom. The standard InChI is InChI=1S/C21H23N3O3S2/c1-14-12-16-13-15(9-10-18(16)24(14)29(2,26)27)21(25)22-11-5-8-20-23-17-6-3-4-7-19(17)28-20/h3-4,6-7,9-10,13-14H,5,8,11-12H2,1-2H3,(H,22,25)/t14-/m1/s1. The lowest BCUT2D eigenvalue weighted by atomic mass is 10.1. The average molecular weight is 430 g/mol. The molecule has 1 aromatic heterocycles. The zero-order chi connectivity index (χ0) is 20.6. The predicted octanol–water partition coefficient (Wildman–Crippen LogP) is 3.37. The van der Waals surface area contributed by atoms with Gasteiger partial charge in [0.25, 0.3) is 5.91 Å². The van der Waals surface area contributed by atoms with Crippen LogP contribution in [0.25, 0.3) is 10.2 Å². The van der Waals surface area contributed by atoms with Crippen LogP contribution in [0.15, 0.2) is 42.5 Å². The first kappa shape index (κ1) is 19.8. The van der Waals surface area contributed by atoms with E-state index in [1.54, 1.807) is 29.5 Å². The van der Waals surface area contributed by atoms with Crippen molar-refractivity contribution in [1.82, 2.24) is 10.3 Å². The number of rotatable bonds is 6. The molecule has 0 bridgehead atoms. The Kier molecular flexibility index (Phi) is 5.31. The fourth-order valence-corrected chi connectivity index (χ4v) is 6.09. The van der Waals surface area contributed by atoms with Crippen LogP contribution < -0.4 is 9.62 Å². The zero-order valence-corrected chi connectivity index (χ0v) is 18.0. The molecule has 0 saturated heterocycles. The first-order valence-electron chi connectivity index (χ1n) is 9.58. The van der Waals surface area contributed by atoms with Crippen LogP contribution in [0.2, 0.25) is 0 Å². The molecule has 0 aliphatic carbocycles. The maximum atomic E-state index is 12.5. The Labute approximate surface area is 174 Å². The summed E-state index contributed by atoms with van der Waals surface area (Å²) in [7, 11) is -3.32. The third-order valence-corrected chi connectivity index (χ3v) is 7.41. The highest BCUT2D eigenvalue weighted by Crippen LogP contribution is 2.34. The van der Waals surface area contributed by atoms with Crippen LogP contribution in [0.1, 0.15) is 34.3 Å². The second-order valence-corrected chi connectivity index (χ2v) is 10.4. The largest absolute Gasteiger partial charge is 0.352 e. The molecule has 0 spiro atoms. The zero-order valence-electron chi connectivity index (χ0n) is 16.4. The SMILES string of the molecule is C[C@@H]1Cc2cc(C(=O)NCCCc3nc4ccccc4s3)ccc2N1S(C)(=O)=O. The quantitative estimate of drug-likeness (QED) is 0.610. The minimum atomic E-state index is -3.32. The molecular formula is C21H23N3O3S2. The second kappa shape index (κ2) is 7.76. The van der Waals surface area contributed by atoms with Crippen LogP contribution in [-0.2, 0) is 22.9 Å². The number of aromatic nitrogens is 1. The van der Waals surface area contributed by atoms with Crippen LogP contribution in [0.4, 0.5) is 5.69 Å². The first-order valence-corrected chi connectivity index (χ1v) is 12.2. The van der Waals surface area contributed by atoms with E-state index in [9.17, 15) is 13.2 Å². The van der Waals surface area contributed by atoms with Gasteiger partial charge in [0.2, 0.25) is 10.0 Å². The number of carbonyl (C=O) groups is 1. The fourth-order valence-electron chi connectivity index (χ4n) is 3.82. The Balaban J connectivity index is 1.35. The number of fused-ring (bicyclic) bond motifs is 2. The van der Waals surface area contributed by atoms with Gasteiger partial charge in [0.05, 0.1) is 27.2 Å². The van der Waals surface area contributed by atoms with Gasteiger partial charge in [-0.1, -0.05) is 12.1 Å². The second-order valence-electron chi connectivity index (χ2n) is 7.39. The molecule has 2 aromatic carbocycles. The van der Waals surface area contributed by atoms with E-state index in [1.807, 2.05) is 25.1 Å². The van der Waals surface area contributed by atoms with E-state index in [0.717, 1.165) is 28.9 Å². The number of hydrogen-bond acceptors (Lipinski definition) is 5. The summed E-state index contributed by atoms with van der Waals surface area (Å²) >= 11 is 1.69. The molecule has 3 aromatic rings. The highest BCUT2D eigenvalue weighted by molar-refractivity contribution is 7.92. The van der Waals surface area contributed by atoms with Crippen molar-refractivity contribution >= 4 is 43.2 Å². The van der Waals surface area contributed by atoms with Crippen LogP contribution in [0, 0.1) is 0 Å². The Hall–Kier alpha value is -2.45. The van der Waals surface area contributed by atoms with Gasteiger partial charge in [-0.05, 0) is 55.7 Å². The van der Waals surface area contributed by atoms with E-state index in [1.165, 1.54) is 15.3 Å². The number of benzene rings is 2. The summed E-state index contributed by atoms with van der Waals surface area (Å²) in [5.74, 6) is -0.137. The van der Waals surface area contributed by atoms with Gasteiger partial charge in [-0.3, -0.25) is 9.10 Å². The Morgan fingerprint density at radius 1 is 1.28 bits per heavy atom. The minimum Gasteiger partial charge on any atom is -0.352 e. The summed E-state index contributed by atoms with van der Waals surface area (Å²) in [6.45, 7) is 2.44. The normalized spacial score (nSPS) is 16.2. The highest BCUT2D eigenvalue weighted by Gasteiger charge is 2.32. The molecule has 8 heteroatoms. The molecule has 1 amide bonds. The van der Waals surface area contributed by atoms with Crippen LogP contribution in [0.5, 0.6) is 0 Å². The number of sulfonamides is 1. The highest BCUT2D eigenvalue weighted by atomic mass is 32.2. The number of nitrogens with zero attached hydrogens (tertiary/aromatic N) is 2. The summed E-state index contributed by atoms with van der Waals surface area (Å²) in [5, 5.41) is 4.03. The number of amides is 1. The van der Waals surface area contributed by atoms with Crippen molar-refractivity contribution in [2.24, 2.45) is 0 Å². The van der Waals surface area contributed by atoms with Crippen LogP contribution >= 0.6 is 11.3 Å². The maximum absolute atomic E-state index is 12.5. The van der Waals surface area contributed by atoms with Crippen molar-refractivity contribution in [3.8, 4) is 0 Å². The van der Waals surface area contributed by atoms with E-state index >= 15 is 0 Å². The molecule has 1 atom stereocenters. The van der Waals surface area contributed by atoms with Gasteiger partial charge >= 0.3 is 0 Å². The summed E-state index contributed by atoms with van der Waals surface area (Å²) < 4.78 is 26.6. The summed E-state index contributed by atoms with van der Waals surface area (Å²) in [6.07, 6.45) is 3.46. The molecule has 0 fully saturated rings. The number of aryl methyl sites for hydroxylation is 1. The third kappa shape index (κ3) is 4.13. The minimum absolute atomic E-state index is 0.132. The van der Waals surface area contributed by atoms with Crippen molar-refractivity contribution in [3.63, 3.8) is 0 Å².